The molecule has 0 bridgehead atoms. The van der Waals surface area contributed by atoms with E-state index in [0.717, 1.165) is 16.0 Å². The van der Waals surface area contributed by atoms with Crippen molar-refractivity contribution in [2.75, 3.05) is 18.9 Å². The molecule has 0 saturated heterocycles. The van der Waals surface area contributed by atoms with Gasteiger partial charge in [0.15, 0.2) is 13.4 Å². The second kappa shape index (κ2) is 5.94. The number of thiazole rings is 1. The van der Waals surface area contributed by atoms with E-state index >= 15 is 0 Å². The van der Waals surface area contributed by atoms with E-state index in [1.165, 1.54) is 11.3 Å². The number of rotatable bonds is 5. The van der Waals surface area contributed by atoms with E-state index in [0.29, 0.717) is 18.3 Å². The average Bonchev–Trinajstić information content (AvgIpc) is 2.72. The fourth-order valence-corrected chi connectivity index (χ4v) is 3.47. The Morgan fingerprint density at radius 3 is 2.62 bits per heavy atom. The van der Waals surface area contributed by atoms with Crippen molar-refractivity contribution in [2.45, 2.75) is 38.9 Å². The molecular weight excluding hydrogens is 300 g/mol. The van der Waals surface area contributed by atoms with Gasteiger partial charge < -0.3 is 14.9 Å². The summed E-state index contributed by atoms with van der Waals surface area (Å²) in [5.74, 6) is 0.838. The van der Waals surface area contributed by atoms with E-state index in [1.807, 2.05) is 18.2 Å². The van der Waals surface area contributed by atoms with Crippen LogP contribution < -0.4 is 10.5 Å². The first-order valence-electron chi connectivity index (χ1n) is 7.12. The van der Waals surface area contributed by atoms with E-state index in [9.17, 15) is 0 Å². The van der Waals surface area contributed by atoms with E-state index in [2.05, 4.69) is 38.8 Å². The van der Waals surface area contributed by atoms with Crippen LogP contribution in [-0.2, 0) is 4.43 Å². The van der Waals surface area contributed by atoms with Crippen LogP contribution in [0.3, 0.4) is 0 Å². The Morgan fingerprint density at radius 2 is 1.95 bits per heavy atom. The van der Waals surface area contributed by atoms with Gasteiger partial charge in [-0.2, -0.15) is 0 Å². The first-order valence-corrected chi connectivity index (χ1v) is 10.8. The van der Waals surface area contributed by atoms with Gasteiger partial charge in [0.1, 0.15) is 12.4 Å². The van der Waals surface area contributed by atoms with Crippen LogP contribution in [-0.4, -0.2) is 26.5 Å². The van der Waals surface area contributed by atoms with Gasteiger partial charge in [-0.3, -0.25) is 0 Å². The average molecular weight is 325 g/mol. The van der Waals surface area contributed by atoms with Gasteiger partial charge in [-0.25, -0.2) is 4.98 Å². The summed E-state index contributed by atoms with van der Waals surface area (Å²) in [6.07, 6.45) is 0. The maximum Gasteiger partial charge on any atom is 0.192 e. The van der Waals surface area contributed by atoms with Crippen LogP contribution in [0.15, 0.2) is 18.2 Å². The topological polar surface area (TPSA) is 57.4 Å². The Hall–Kier alpha value is -1.11. The maximum absolute atomic E-state index is 6.09. The van der Waals surface area contributed by atoms with E-state index in [-0.39, 0.29) is 5.04 Å². The number of hydrogen-bond donors (Lipinski definition) is 1. The van der Waals surface area contributed by atoms with Gasteiger partial charge in [-0.1, -0.05) is 32.1 Å². The van der Waals surface area contributed by atoms with Crippen molar-refractivity contribution in [1.29, 1.82) is 0 Å². The fraction of sp³-hybridized carbons (Fsp3) is 0.533. The normalized spacial score (nSPS) is 12.8. The molecule has 0 saturated carbocycles. The largest absolute Gasteiger partial charge is 0.491 e. The zero-order valence-electron chi connectivity index (χ0n) is 13.4. The van der Waals surface area contributed by atoms with Crippen LogP contribution in [0, 0.1) is 0 Å². The van der Waals surface area contributed by atoms with Crippen molar-refractivity contribution >= 4 is 35.0 Å². The van der Waals surface area contributed by atoms with Gasteiger partial charge in [-0.05, 0) is 36.3 Å². The number of fused-ring (bicyclic) bond motifs is 1. The summed E-state index contributed by atoms with van der Waals surface area (Å²) < 4.78 is 12.9. The first kappa shape index (κ1) is 16.3. The molecule has 0 aliphatic rings. The summed E-state index contributed by atoms with van der Waals surface area (Å²) in [5.41, 5.74) is 6.62. The molecule has 116 valence electrons. The molecule has 0 spiro atoms. The molecule has 0 amide bonds. The Bertz CT molecular complexity index is 620. The van der Waals surface area contributed by atoms with Crippen LogP contribution in [0.5, 0.6) is 5.75 Å². The second-order valence-corrected chi connectivity index (χ2v) is 12.5. The highest BCUT2D eigenvalue weighted by atomic mass is 32.1. The van der Waals surface area contributed by atoms with Crippen LogP contribution >= 0.6 is 11.3 Å². The summed E-state index contributed by atoms with van der Waals surface area (Å²) >= 11 is 1.48. The number of hydrogen-bond acceptors (Lipinski definition) is 5. The van der Waals surface area contributed by atoms with Crippen LogP contribution in [0.2, 0.25) is 18.1 Å². The summed E-state index contributed by atoms with van der Waals surface area (Å²) in [5, 5.41) is 0.815. The highest BCUT2D eigenvalue weighted by Crippen LogP contribution is 2.36. The predicted molar refractivity (Wildman–Crippen MR) is 92.7 cm³/mol. The minimum Gasteiger partial charge on any atom is -0.491 e. The molecule has 0 unspecified atom stereocenters. The highest BCUT2D eigenvalue weighted by Gasteiger charge is 2.36. The molecular formula is C15H24N2O2SSi. The first-order chi connectivity index (χ1) is 9.69. The summed E-state index contributed by atoms with van der Waals surface area (Å²) in [7, 11) is -1.69. The van der Waals surface area contributed by atoms with Crippen LogP contribution in [0.25, 0.3) is 10.2 Å². The Labute approximate surface area is 131 Å². The molecule has 2 rings (SSSR count). The minimum absolute atomic E-state index is 0.228. The lowest BCUT2D eigenvalue weighted by Gasteiger charge is -2.36. The van der Waals surface area contributed by atoms with Gasteiger partial charge in [0.25, 0.3) is 0 Å². The van der Waals surface area contributed by atoms with Crippen molar-refractivity contribution in [3.8, 4) is 5.75 Å². The Kier molecular flexibility index (Phi) is 4.60. The molecule has 6 heteroatoms. The van der Waals surface area contributed by atoms with Gasteiger partial charge in [-0.15, -0.1) is 0 Å². The predicted octanol–water partition coefficient (Wildman–Crippen LogP) is 4.28. The third-order valence-corrected chi connectivity index (χ3v) is 9.38. The van der Waals surface area contributed by atoms with Crippen molar-refractivity contribution in [3.05, 3.63) is 18.2 Å². The molecule has 0 atom stereocenters. The molecule has 4 nitrogen and oxygen atoms in total. The lowest BCUT2D eigenvalue weighted by atomic mass is 10.2. The lowest BCUT2D eigenvalue weighted by Crippen LogP contribution is -2.41. The van der Waals surface area contributed by atoms with Crippen LogP contribution in [0.1, 0.15) is 20.8 Å². The molecule has 2 aromatic rings. The number of ether oxygens (including phenoxy) is 1. The molecule has 0 aliphatic heterocycles. The van der Waals surface area contributed by atoms with Gasteiger partial charge in [0, 0.05) is 0 Å². The summed E-state index contributed by atoms with van der Waals surface area (Å²) in [6.45, 7) is 12.4. The maximum atomic E-state index is 6.09. The van der Waals surface area contributed by atoms with Crippen molar-refractivity contribution < 1.29 is 9.16 Å². The number of nitrogen functional groups attached to an aromatic ring is 1. The molecule has 0 aliphatic carbocycles. The molecule has 0 fully saturated rings. The zero-order chi connectivity index (χ0) is 15.7. The SMILES string of the molecule is CC(C)(C)[Si](C)(C)OCCOc1ccc2nc(N)sc2c1. The van der Waals surface area contributed by atoms with Gasteiger partial charge >= 0.3 is 0 Å². The van der Waals surface area contributed by atoms with Crippen molar-refractivity contribution in [1.82, 2.24) is 4.98 Å². The zero-order valence-corrected chi connectivity index (χ0v) is 15.2. The number of aromatic nitrogens is 1. The Morgan fingerprint density at radius 1 is 1.24 bits per heavy atom. The standard InChI is InChI=1S/C15H24N2O2SSi/c1-15(2,3)21(4,5)19-9-8-18-11-6-7-12-13(10-11)20-14(16)17-12/h6-7,10H,8-9H2,1-5H3,(H2,16,17). The van der Waals surface area contributed by atoms with Crippen molar-refractivity contribution in [3.63, 3.8) is 0 Å². The van der Waals surface area contributed by atoms with E-state index in [1.54, 1.807) is 0 Å². The molecule has 1 heterocycles. The summed E-state index contributed by atoms with van der Waals surface area (Å²) in [6, 6.07) is 5.84. The third-order valence-electron chi connectivity index (χ3n) is 4.00. The summed E-state index contributed by atoms with van der Waals surface area (Å²) in [4.78, 5) is 4.23. The number of anilines is 1. The second-order valence-electron chi connectivity index (χ2n) is 6.64. The molecule has 1 aromatic heterocycles. The van der Waals surface area contributed by atoms with Gasteiger partial charge in [0.05, 0.1) is 16.8 Å². The number of nitrogens with zero attached hydrogens (tertiary/aromatic N) is 1. The van der Waals surface area contributed by atoms with Crippen molar-refractivity contribution in [2.24, 2.45) is 0 Å². The van der Waals surface area contributed by atoms with Crippen LogP contribution in [0.4, 0.5) is 5.13 Å². The monoisotopic (exact) mass is 324 g/mol. The number of benzene rings is 1. The minimum atomic E-state index is -1.69. The third kappa shape index (κ3) is 3.96. The molecule has 1 aromatic carbocycles. The highest BCUT2D eigenvalue weighted by molar-refractivity contribution is 7.22. The Balaban J connectivity index is 1.88. The fourth-order valence-electron chi connectivity index (χ4n) is 1.69. The molecule has 21 heavy (non-hydrogen) atoms. The molecule has 2 N–H and O–H groups in total. The van der Waals surface area contributed by atoms with E-state index in [4.69, 9.17) is 14.9 Å². The van der Waals surface area contributed by atoms with E-state index < -0.39 is 8.32 Å². The quantitative estimate of drug-likeness (QED) is 0.659. The van der Waals surface area contributed by atoms with Gasteiger partial charge in [0.2, 0.25) is 0 Å². The smallest absolute Gasteiger partial charge is 0.192 e. The molecule has 0 radical (unpaired) electrons. The lowest BCUT2D eigenvalue weighted by molar-refractivity contribution is 0.203. The number of nitrogens with two attached hydrogens (primary N) is 1.